The molecule has 5 rings (SSSR count). The summed E-state index contributed by atoms with van der Waals surface area (Å²) < 4.78 is 7.95. The Morgan fingerprint density at radius 1 is 0.828 bits per heavy atom. The summed E-state index contributed by atoms with van der Waals surface area (Å²) in [6, 6.07) is 29.1. The third-order valence-corrected chi connectivity index (χ3v) is 4.83. The van der Waals surface area contributed by atoms with E-state index in [-0.39, 0.29) is 5.75 Å². The minimum Gasteiger partial charge on any atom is -0.508 e. The number of furan rings is 1. The van der Waals surface area contributed by atoms with Gasteiger partial charge in [0.05, 0.1) is 17.6 Å². The molecule has 4 heteroatoms. The summed E-state index contributed by atoms with van der Waals surface area (Å²) in [6.07, 6.45) is 3.81. The van der Waals surface area contributed by atoms with Crippen molar-refractivity contribution in [3.63, 3.8) is 0 Å². The molecule has 4 nitrogen and oxygen atoms in total. The maximum atomic E-state index is 9.48. The Balaban J connectivity index is 1.38. The summed E-state index contributed by atoms with van der Waals surface area (Å²) >= 11 is 0. The molecule has 29 heavy (non-hydrogen) atoms. The van der Waals surface area contributed by atoms with Gasteiger partial charge in [0, 0.05) is 22.8 Å². The van der Waals surface area contributed by atoms with Gasteiger partial charge < -0.3 is 14.1 Å². The summed E-state index contributed by atoms with van der Waals surface area (Å²) in [5, 5.41) is 10.6. The minimum atomic E-state index is 0.251. The van der Waals surface area contributed by atoms with Crippen molar-refractivity contribution < 1.29 is 9.52 Å². The number of rotatable bonds is 4. The SMILES string of the molecule is Oc1ccc(-n2cccc2C=Nc2ccc(-c3cc4ccccc4o3)cc2)cc1. The number of nitrogens with zero attached hydrogens (tertiary/aromatic N) is 2. The zero-order valence-corrected chi connectivity index (χ0v) is 15.6. The normalized spacial score (nSPS) is 11.4. The Labute approximate surface area is 168 Å². The standard InChI is InChI=1S/C25H18N2O2/c28-23-13-11-21(12-14-23)27-15-3-5-22(27)17-26-20-9-7-18(8-10-20)25-16-19-4-1-2-6-24(19)29-25/h1-17,28H. The van der Waals surface area contributed by atoms with Crippen molar-refractivity contribution in [2.45, 2.75) is 0 Å². The number of hydrogen-bond donors (Lipinski definition) is 1. The maximum absolute atomic E-state index is 9.48. The van der Waals surface area contributed by atoms with Crippen molar-refractivity contribution in [3.8, 4) is 22.8 Å². The number of hydrogen-bond acceptors (Lipinski definition) is 3. The highest BCUT2D eigenvalue weighted by molar-refractivity contribution is 5.83. The Morgan fingerprint density at radius 3 is 2.41 bits per heavy atom. The van der Waals surface area contributed by atoms with Crippen LogP contribution in [0, 0.1) is 0 Å². The topological polar surface area (TPSA) is 50.7 Å². The quantitative estimate of drug-likeness (QED) is 0.371. The van der Waals surface area contributed by atoms with Crippen molar-refractivity contribution >= 4 is 22.9 Å². The van der Waals surface area contributed by atoms with Gasteiger partial charge in [-0.15, -0.1) is 0 Å². The van der Waals surface area contributed by atoms with E-state index in [0.717, 1.165) is 39.4 Å². The maximum Gasteiger partial charge on any atom is 0.135 e. The average Bonchev–Trinajstić information content (AvgIpc) is 3.40. The first-order valence-electron chi connectivity index (χ1n) is 9.36. The molecule has 2 aromatic heterocycles. The van der Waals surface area contributed by atoms with Crippen molar-refractivity contribution in [1.82, 2.24) is 4.57 Å². The highest BCUT2D eigenvalue weighted by Gasteiger charge is 2.06. The van der Waals surface area contributed by atoms with Gasteiger partial charge in [-0.1, -0.05) is 18.2 Å². The molecule has 0 amide bonds. The monoisotopic (exact) mass is 378 g/mol. The van der Waals surface area contributed by atoms with E-state index in [1.807, 2.05) is 89.8 Å². The molecule has 0 aliphatic rings. The van der Waals surface area contributed by atoms with Gasteiger partial charge in [0.1, 0.15) is 17.1 Å². The van der Waals surface area contributed by atoms with E-state index in [4.69, 9.17) is 4.42 Å². The van der Waals surface area contributed by atoms with Crippen molar-refractivity contribution in [2.24, 2.45) is 4.99 Å². The van der Waals surface area contributed by atoms with Gasteiger partial charge in [0.25, 0.3) is 0 Å². The molecular weight excluding hydrogens is 360 g/mol. The largest absolute Gasteiger partial charge is 0.508 e. The van der Waals surface area contributed by atoms with Gasteiger partial charge >= 0.3 is 0 Å². The number of aromatic nitrogens is 1. The molecule has 0 bridgehead atoms. The van der Waals surface area contributed by atoms with Crippen LogP contribution in [0.5, 0.6) is 5.75 Å². The molecule has 0 radical (unpaired) electrons. The summed E-state index contributed by atoms with van der Waals surface area (Å²) in [7, 11) is 0. The smallest absolute Gasteiger partial charge is 0.135 e. The molecule has 0 fully saturated rings. The van der Waals surface area contributed by atoms with Crippen LogP contribution in [0.3, 0.4) is 0 Å². The number of benzene rings is 3. The van der Waals surface area contributed by atoms with Crippen LogP contribution in [-0.4, -0.2) is 15.9 Å². The third kappa shape index (κ3) is 3.44. The Morgan fingerprint density at radius 2 is 1.62 bits per heavy atom. The minimum absolute atomic E-state index is 0.251. The van der Waals surface area contributed by atoms with Crippen LogP contribution in [0.15, 0.2) is 107 Å². The van der Waals surface area contributed by atoms with Gasteiger partial charge in [0.15, 0.2) is 0 Å². The van der Waals surface area contributed by atoms with Crippen LogP contribution in [0.25, 0.3) is 28.0 Å². The number of aromatic hydroxyl groups is 1. The van der Waals surface area contributed by atoms with Gasteiger partial charge in [-0.2, -0.15) is 0 Å². The number of phenols is 1. The van der Waals surface area contributed by atoms with Crippen LogP contribution >= 0.6 is 0 Å². The molecule has 3 aromatic carbocycles. The van der Waals surface area contributed by atoms with Crippen LogP contribution in [0.4, 0.5) is 5.69 Å². The summed E-state index contributed by atoms with van der Waals surface area (Å²) in [4.78, 5) is 4.60. The summed E-state index contributed by atoms with van der Waals surface area (Å²) in [5.41, 5.74) is 4.70. The predicted molar refractivity (Wildman–Crippen MR) is 116 cm³/mol. The fourth-order valence-corrected chi connectivity index (χ4v) is 3.32. The fraction of sp³-hybridized carbons (Fsp3) is 0. The zero-order valence-electron chi connectivity index (χ0n) is 15.6. The molecule has 1 N–H and O–H groups in total. The first-order valence-corrected chi connectivity index (χ1v) is 9.36. The van der Waals surface area contributed by atoms with E-state index in [1.54, 1.807) is 12.1 Å². The van der Waals surface area contributed by atoms with Crippen LogP contribution < -0.4 is 0 Å². The Hall–Kier alpha value is -4.05. The fourth-order valence-electron chi connectivity index (χ4n) is 3.32. The lowest BCUT2D eigenvalue weighted by Gasteiger charge is -2.06. The third-order valence-electron chi connectivity index (χ3n) is 4.83. The second kappa shape index (κ2) is 7.17. The van der Waals surface area contributed by atoms with Gasteiger partial charge in [-0.3, -0.25) is 4.99 Å². The molecule has 0 atom stereocenters. The van der Waals surface area contributed by atoms with Crippen LogP contribution in [-0.2, 0) is 0 Å². The lowest BCUT2D eigenvalue weighted by Crippen LogP contribution is -1.97. The van der Waals surface area contributed by atoms with E-state index >= 15 is 0 Å². The molecule has 5 aromatic rings. The molecule has 0 saturated carbocycles. The molecule has 0 aliphatic heterocycles. The number of phenolic OH excluding ortho intramolecular Hbond substituents is 1. The van der Waals surface area contributed by atoms with Crippen molar-refractivity contribution in [1.29, 1.82) is 0 Å². The lowest BCUT2D eigenvalue weighted by atomic mass is 10.1. The summed E-state index contributed by atoms with van der Waals surface area (Å²) in [5.74, 6) is 1.10. The second-order valence-corrected chi connectivity index (χ2v) is 6.77. The molecule has 0 spiro atoms. The van der Waals surface area contributed by atoms with Gasteiger partial charge in [0.2, 0.25) is 0 Å². The van der Waals surface area contributed by atoms with Crippen molar-refractivity contribution in [3.05, 3.63) is 103 Å². The highest BCUT2D eigenvalue weighted by atomic mass is 16.3. The average molecular weight is 378 g/mol. The van der Waals surface area contributed by atoms with Gasteiger partial charge in [-0.05, 0) is 72.8 Å². The molecule has 0 aliphatic carbocycles. The highest BCUT2D eigenvalue weighted by Crippen LogP contribution is 2.29. The number of fused-ring (bicyclic) bond motifs is 1. The van der Waals surface area contributed by atoms with E-state index in [0.29, 0.717) is 0 Å². The molecule has 0 unspecified atom stereocenters. The molecular formula is C25H18N2O2. The summed E-state index contributed by atoms with van der Waals surface area (Å²) in [6.45, 7) is 0. The zero-order chi connectivity index (χ0) is 19.6. The van der Waals surface area contributed by atoms with Crippen LogP contribution in [0.1, 0.15) is 5.69 Å². The number of aliphatic imine (C=N–C) groups is 1. The molecule has 140 valence electrons. The predicted octanol–water partition coefficient (Wildman–Crippen LogP) is 6.35. The number of para-hydroxylation sites is 1. The van der Waals surface area contributed by atoms with Gasteiger partial charge in [-0.25, -0.2) is 0 Å². The lowest BCUT2D eigenvalue weighted by molar-refractivity contribution is 0.475. The van der Waals surface area contributed by atoms with E-state index in [9.17, 15) is 5.11 Å². The Kier molecular flexibility index (Phi) is 4.22. The molecule has 2 heterocycles. The second-order valence-electron chi connectivity index (χ2n) is 6.77. The van der Waals surface area contributed by atoms with Crippen molar-refractivity contribution in [2.75, 3.05) is 0 Å². The molecule has 0 saturated heterocycles. The van der Waals surface area contributed by atoms with E-state index in [1.165, 1.54) is 0 Å². The first kappa shape index (κ1) is 17.1. The van der Waals surface area contributed by atoms with E-state index in [2.05, 4.69) is 11.1 Å². The Bertz CT molecular complexity index is 1260. The first-order chi connectivity index (χ1) is 14.3. The van der Waals surface area contributed by atoms with E-state index < -0.39 is 0 Å². The van der Waals surface area contributed by atoms with Crippen LogP contribution in [0.2, 0.25) is 0 Å².